The predicted octanol–water partition coefficient (Wildman–Crippen LogP) is 1.49. The molecule has 0 spiro atoms. The van der Waals surface area contributed by atoms with E-state index in [1.165, 1.54) is 0 Å². The number of carbonyl (C=O) groups is 1. The van der Waals surface area contributed by atoms with Crippen LogP contribution in [0.5, 0.6) is 0 Å². The van der Waals surface area contributed by atoms with Crippen molar-refractivity contribution in [3.8, 4) is 0 Å². The Hall–Kier alpha value is -1.33. The Morgan fingerprint density at radius 3 is 2.90 bits per heavy atom. The molecule has 3 aliphatic heterocycles. The van der Waals surface area contributed by atoms with Crippen LogP contribution in [0.3, 0.4) is 0 Å². The second-order valence-corrected chi connectivity index (χ2v) is 6.50. The highest BCUT2D eigenvalue weighted by Crippen LogP contribution is 2.35. The van der Waals surface area contributed by atoms with E-state index in [9.17, 15) is 4.79 Å². The van der Waals surface area contributed by atoms with Gasteiger partial charge in [0.1, 0.15) is 5.76 Å². The molecule has 1 amide bonds. The van der Waals surface area contributed by atoms with Crippen LogP contribution in [0.1, 0.15) is 25.0 Å². The summed E-state index contributed by atoms with van der Waals surface area (Å²) in [6, 6.07) is 3.95. The molecule has 0 radical (unpaired) electrons. The number of furan rings is 1. The third-order valence-corrected chi connectivity index (χ3v) is 4.96. The normalized spacial score (nSPS) is 32.2. The van der Waals surface area contributed by atoms with Gasteiger partial charge in [0.2, 0.25) is 5.91 Å². The minimum Gasteiger partial charge on any atom is -0.468 e. The van der Waals surface area contributed by atoms with Gasteiger partial charge in [-0.25, -0.2) is 0 Å². The first kappa shape index (κ1) is 13.3. The molecule has 4 heterocycles. The van der Waals surface area contributed by atoms with Crippen molar-refractivity contribution < 1.29 is 13.9 Å². The molecule has 3 saturated heterocycles. The van der Waals surface area contributed by atoms with Crippen LogP contribution in [0.4, 0.5) is 0 Å². The zero-order valence-electron chi connectivity index (χ0n) is 12.2. The third-order valence-electron chi connectivity index (χ3n) is 4.96. The highest BCUT2D eigenvalue weighted by Gasteiger charge is 2.42. The molecule has 0 aliphatic carbocycles. The maximum absolute atomic E-state index is 12.0. The van der Waals surface area contributed by atoms with Crippen molar-refractivity contribution in [2.24, 2.45) is 5.92 Å². The lowest BCUT2D eigenvalue weighted by Gasteiger charge is -2.31. The van der Waals surface area contributed by atoms with E-state index in [-0.39, 0.29) is 12.0 Å². The van der Waals surface area contributed by atoms with Crippen LogP contribution in [0.25, 0.3) is 0 Å². The second kappa shape index (κ2) is 5.46. The van der Waals surface area contributed by atoms with E-state index in [0.717, 1.165) is 51.3 Å². The van der Waals surface area contributed by atoms with Gasteiger partial charge in [0.25, 0.3) is 0 Å². The maximum atomic E-state index is 12.0. The fourth-order valence-electron chi connectivity index (χ4n) is 3.72. The summed E-state index contributed by atoms with van der Waals surface area (Å²) in [6.07, 6.45) is 4.92. The van der Waals surface area contributed by atoms with Gasteiger partial charge in [0, 0.05) is 32.1 Å². The van der Waals surface area contributed by atoms with E-state index < -0.39 is 0 Å². The topological polar surface area (TPSA) is 45.9 Å². The molecular weight excluding hydrogens is 268 g/mol. The van der Waals surface area contributed by atoms with Crippen LogP contribution < -0.4 is 0 Å². The van der Waals surface area contributed by atoms with Gasteiger partial charge in [-0.05, 0) is 25.0 Å². The second-order valence-electron chi connectivity index (χ2n) is 6.50. The van der Waals surface area contributed by atoms with Crippen molar-refractivity contribution in [1.29, 1.82) is 0 Å². The third kappa shape index (κ3) is 2.72. The standard InChI is InChI=1S/C16H22N2O3/c19-16(18-4-2-5-18)8-14-7-12-9-17(11-15(12)21-14)10-13-3-1-6-20-13/h1,3,6,12,14-15H,2,4-5,7-11H2/t12-,14+,15+/m0/s1. The van der Waals surface area contributed by atoms with E-state index in [4.69, 9.17) is 9.15 Å². The minimum atomic E-state index is 0.138. The van der Waals surface area contributed by atoms with Gasteiger partial charge >= 0.3 is 0 Å². The smallest absolute Gasteiger partial charge is 0.225 e. The summed E-state index contributed by atoms with van der Waals surface area (Å²) < 4.78 is 11.5. The van der Waals surface area contributed by atoms with Crippen molar-refractivity contribution >= 4 is 5.91 Å². The van der Waals surface area contributed by atoms with Crippen LogP contribution in [-0.4, -0.2) is 54.1 Å². The van der Waals surface area contributed by atoms with Crippen LogP contribution in [0.15, 0.2) is 22.8 Å². The number of carbonyl (C=O) groups excluding carboxylic acids is 1. The summed E-state index contributed by atoms with van der Waals surface area (Å²) in [4.78, 5) is 16.3. The van der Waals surface area contributed by atoms with Gasteiger partial charge in [0.05, 0.1) is 31.4 Å². The van der Waals surface area contributed by atoms with Gasteiger partial charge in [-0.3, -0.25) is 9.69 Å². The van der Waals surface area contributed by atoms with Gasteiger partial charge in [-0.1, -0.05) is 0 Å². The molecule has 114 valence electrons. The molecule has 0 aromatic carbocycles. The molecule has 0 saturated carbocycles. The molecule has 4 rings (SSSR count). The SMILES string of the molecule is O=C(C[C@H]1C[C@H]2CN(Cc3ccco3)C[C@H]2O1)N1CCC1. The van der Waals surface area contributed by atoms with Crippen LogP contribution in [0.2, 0.25) is 0 Å². The lowest BCUT2D eigenvalue weighted by molar-refractivity contribution is -0.137. The first-order valence-corrected chi connectivity index (χ1v) is 7.96. The highest BCUT2D eigenvalue weighted by atomic mass is 16.5. The number of rotatable bonds is 4. The summed E-state index contributed by atoms with van der Waals surface area (Å²) in [5.41, 5.74) is 0. The van der Waals surface area contributed by atoms with Crippen molar-refractivity contribution in [2.75, 3.05) is 26.2 Å². The minimum absolute atomic E-state index is 0.138. The van der Waals surface area contributed by atoms with Crippen LogP contribution in [-0.2, 0) is 16.1 Å². The average Bonchev–Trinajstić information content (AvgIpc) is 3.03. The van der Waals surface area contributed by atoms with Crippen LogP contribution >= 0.6 is 0 Å². The Kier molecular flexibility index (Phi) is 3.47. The number of hydrogen-bond donors (Lipinski definition) is 0. The number of hydrogen-bond acceptors (Lipinski definition) is 4. The molecule has 3 aliphatic rings. The molecule has 5 nitrogen and oxygen atoms in total. The fraction of sp³-hybridized carbons (Fsp3) is 0.688. The Morgan fingerprint density at radius 2 is 2.24 bits per heavy atom. The van der Waals surface area contributed by atoms with Gasteiger partial charge in [-0.15, -0.1) is 0 Å². The number of likely N-dealkylation sites (tertiary alicyclic amines) is 2. The van der Waals surface area contributed by atoms with E-state index in [0.29, 0.717) is 18.4 Å². The predicted molar refractivity (Wildman–Crippen MR) is 76.6 cm³/mol. The molecule has 0 N–H and O–H groups in total. The zero-order chi connectivity index (χ0) is 14.2. The molecular formula is C16H22N2O3. The lowest BCUT2D eigenvalue weighted by Crippen LogP contribution is -2.43. The average molecular weight is 290 g/mol. The first-order chi connectivity index (χ1) is 10.3. The zero-order valence-corrected chi connectivity index (χ0v) is 12.2. The van der Waals surface area contributed by atoms with E-state index in [1.807, 2.05) is 17.0 Å². The Morgan fingerprint density at radius 1 is 1.33 bits per heavy atom. The molecule has 5 heteroatoms. The Labute approximate surface area is 124 Å². The van der Waals surface area contributed by atoms with E-state index in [2.05, 4.69) is 4.90 Å². The number of ether oxygens (including phenoxy) is 1. The molecule has 3 fully saturated rings. The van der Waals surface area contributed by atoms with Gasteiger partial charge in [-0.2, -0.15) is 0 Å². The molecule has 0 bridgehead atoms. The maximum Gasteiger partial charge on any atom is 0.225 e. The summed E-state index contributed by atoms with van der Waals surface area (Å²) in [5.74, 6) is 1.87. The van der Waals surface area contributed by atoms with Crippen molar-refractivity contribution in [2.45, 2.75) is 38.0 Å². The van der Waals surface area contributed by atoms with Gasteiger partial charge < -0.3 is 14.1 Å². The molecule has 1 aromatic heterocycles. The van der Waals surface area contributed by atoms with Gasteiger partial charge in [0.15, 0.2) is 0 Å². The van der Waals surface area contributed by atoms with Crippen molar-refractivity contribution in [1.82, 2.24) is 9.80 Å². The van der Waals surface area contributed by atoms with E-state index >= 15 is 0 Å². The number of amides is 1. The van der Waals surface area contributed by atoms with Crippen molar-refractivity contribution in [3.05, 3.63) is 24.2 Å². The van der Waals surface area contributed by atoms with E-state index in [1.54, 1.807) is 6.26 Å². The summed E-state index contributed by atoms with van der Waals surface area (Å²) in [5, 5.41) is 0. The summed E-state index contributed by atoms with van der Waals surface area (Å²) in [7, 11) is 0. The lowest BCUT2D eigenvalue weighted by atomic mass is 10.0. The molecule has 1 aromatic rings. The van der Waals surface area contributed by atoms with Crippen LogP contribution in [0, 0.1) is 5.92 Å². The number of nitrogens with zero attached hydrogens (tertiary/aromatic N) is 2. The first-order valence-electron chi connectivity index (χ1n) is 7.96. The highest BCUT2D eigenvalue weighted by molar-refractivity contribution is 5.77. The quantitative estimate of drug-likeness (QED) is 0.843. The Bertz CT molecular complexity index is 484. The monoisotopic (exact) mass is 290 g/mol. The molecule has 21 heavy (non-hydrogen) atoms. The molecule has 3 atom stereocenters. The van der Waals surface area contributed by atoms with Crippen molar-refractivity contribution in [3.63, 3.8) is 0 Å². The molecule has 0 unspecified atom stereocenters. The number of fused-ring (bicyclic) bond motifs is 1. The largest absolute Gasteiger partial charge is 0.468 e. The Balaban J connectivity index is 1.26. The summed E-state index contributed by atoms with van der Waals surface area (Å²) in [6.45, 7) is 4.75. The fourth-order valence-corrected chi connectivity index (χ4v) is 3.72. The summed E-state index contributed by atoms with van der Waals surface area (Å²) >= 11 is 0.